The molecular weight excluding hydrogens is 192 g/mol. The van der Waals surface area contributed by atoms with Gasteiger partial charge in [-0.15, -0.1) is 0 Å². The van der Waals surface area contributed by atoms with E-state index in [1.165, 1.54) is 6.07 Å². The van der Waals surface area contributed by atoms with E-state index in [1.807, 2.05) is 6.92 Å². The molecule has 1 aromatic rings. The van der Waals surface area contributed by atoms with Crippen LogP contribution in [0.4, 0.5) is 0 Å². The molecule has 0 aliphatic carbocycles. The summed E-state index contributed by atoms with van der Waals surface area (Å²) in [5.74, 6) is 1.28. The number of phenolic OH excluding ortho intramolecular Hbond substituents is 1. The van der Waals surface area contributed by atoms with Crippen molar-refractivity contribution < 1.29 is 14.6 Å². The van der Waals surface area contributed by atoms with Crippen LogP contribution < -0.4 is 9.47 Å². The van der Waals surface area contributed by atoms with Crippen LogP contribution in [0, 0.1) is 0 Å². The predicted octanol–water partition coefficient (Wildman–Crippen LogP) is 2.34. The summed E-state index contributed by atoms with van der Waals surface area (Å²) in [6.07, 6.45) is 0.689. The Morgan fingerprint density at radius 2 is 2.15 bits per heavy atom. The third-order valence-corrected chi connectivity index (χ3v) is 2.31. The number of aromatic hydroxyl groups is 1. The lowest BCUT2D eigenvalue weighted by Crippen LogP contribution is -1.94. The van der Waals surface area contributed by atoms with Crippen LogP contribution in [-0.2, 0) is 6.42 Å². The van der Waals surface area contributed by atoms with Gasteiger partial charge in [-0.1, -0.05) is 18.5 Å². The molecular formula is C9H9ClO3. The fourth-order valence-electron chi connectivity index (χ4n) is 1.41. The average molecular weight is 201 g/mol. The van der Waals surface area contributed by atoms with Crippen molar-refractivity contribution in [1.82, 2.24) is 0 Å². The summed E-state index contributed by atoms with van der Waals surface area (Å²) in [6, 6.07) is 1.48. The summed E-state index contributed by atoms with van der Waals surface area (Å²) < 4.78 is 10.4. The lowest BCUT2D eigenvalue weighted by Gasteiger charge is -2.06. The van der Waals surface area contributed by atoms with E-state index in [2.05, 4.69) is 0 Å². The largest absolute Gasteiger partial charge is 0.507 e. The van der Waals surface area contributed by atoms with E-state index in [9.17, 15) is 5.11 Å². The molecule has 4 heteroatoms. The zero-order chi connectivity index (χ0) is 9.42. The number of halogens is 1. The molecule has 0 saturated heterocycles. The van der Waals surface area contributed by atoms with Crippen molar-refractivity contribution in [2.75, 3.05) is 6.79 Å². The fourth-order valence-corrected chi connectivity index (χ4v) is 1.65. The SMILES string of the molecule is CCc1c(O)cc(Cl)c2c1OCO2. The smallest absolute Gasteiger partial charge is 0.231 e. The number of phenols is 1. The van der Waals surface area contributed by atoms with Crippen LogP contribution in [0.1, 0.15) is 12.5 Å². The monoisotopic (exact) mass is 200 g/mol. The number of fused-ring (bicyclic) bond motifs is 1. The Morgan fingerprint density at radius 3 is 2.85 bits per heavy atom. The van der Waals surface area contributed by atoms with E-state index in [1.54, 1.807) is 0 Å². The highest BCUT2D eigenvalue weighted by Gasteiger charge is 2.23. The van der Waals surface area contributed by atoms with E-state index in [4.69, 9.17) is 21.1 Å². The van der Waals surface area contributed by atoms with Gasteiger partial charge in [0.05, 0.1) is 5.02 Å². The first-order valence-electron chi connectivity index (χ1n) is 4.04. The molecule has 2 rings (SSSR count). The van der Waals surface area contributed by atoms with E-state index >= 15 is 0 Å². The molecule has 1 aromatic carbocycles. The molecule has 3 nitrogen and oxygen atoms in total. The first-order valence-corrected chi connectivity index (χ1v) is 4.41. The molecule has 0 bridgehead atoms. The van der Waals surface area contributed by atoms with Gasteiger partial charge in [0.25, 0.3) is 0 Å². The summed E-state index contributed by atoms with van der Waals surface area (Å²) in [7, 11) is 0. The van der Waals surface area contributed by atoms with Crippen molar-refractivity contribution in [3.05, 3.63) is 16.7 Å². The van der Waals surface area contributed by atoms with Crippen molar-refractivity contribution in [2.45, 2.75) is 13.3 Å². The second kappa shape index (κ2) is 3.00. The van der Waals surface area contributed by atoms with Gasteiger partial charge in [-0.05, 0) is 6.42 Å². The Bertz CT molecular complexity index is 349. The molecule has 1 heterocycles. The van der Waals surface area contributed by atoms with Crippen LogP contribution >= 0.6 is 11.6 Å². The number of rotatable bonds is 1. The lowest BCUT2D eigenvalue weighted by atomic mass is 10.1. The standard InChI is InChI=1S/C9H9ClO3/c1-2-5-7(11)3-6(10)9-8(5)12-4-13-9/h3,11H,2,4H2,1H3. The lowest BCUT2D eigenvalue weighted by molar-refractivity contribution is 0.173. The van der Waals surface area contributed by atoms with Gasteiger partial charge >= 0.3 is 0 Å². The Hall–Kier alpha value is -1.09. The van der Waals surface area contributed by atoms with E-state index in [0.29, 0.717) is 22.9 Å². The van der Waals surface area contributed by atoms with Crippen molar-refractivity contribution in [2.24, 2.45) is 0 Å². The highest BCUT2D eigenvalue weighted by molar-refractivity contribution is 6.32. The van der Waals surface area contributed by atoms with Gasteiger partial charge in [-0.3, -0.25) is 0 Å². The number of hydrogen-bond donors (Lipinski definition) is 1. The van der Waals surface area contributed by atoms with Gasteiger partial charge < -0.3 is 14.6 Å². The minimum atomic E-state index is 0.164. The Labute approximate surface area is 80.8 Å². The highest BCUT2D eigenvalue weighted by atomic mass is 35.5. The first-order chi connectivity index (χ1) is 6.24. The molecule has 0 radical (unpaired) electrons. The molecule has 0 saturated carbocycles. The third kappa shape index (κ3) is 1.20. The quantitative estimate of drug-likeness (QED) is 0.756. The highest BCUT2D eigenvalue weighted by Crippen LogP contribution is 2.45. The molecule has 0 amide bonds. The molecule has 1 aliphatic rings. The summed E-state index contributed by atoms with van der Waals surface area (Å²) in [5.41, 5.74) is 0.747. The number of ether oxygens (including phenoxy) is 2. The Morgan fingerprint density at radius 1 is 1.46 bits per heavy atom. The molecule has 0 atom stereocenters. The van der Waals surface area contributed by atoms with Gasteiger partial charge in [0.1, 0.15) is 5.75 Å². The summed E-state index contributed by atoms with van der Waals surface area (Å²) in [5, 5.41) is 9.93. The molecule has 0 aromatic heterocycles. The Kier molecular flexibility index (Phi) is 1.96. The minimum Gasteiger partial charge on any atom is -0.507 e. The fraction of sp³-hybridized carbons (Fsp3) is 0.333. The molecule has 1 N–H and O–H groups in total. The zero-order valence-electron chi connectivity index (χ0n) is 7.13. The summed E-state index contributed by atoms with van der Waals surface area (Å²) >= 11 is 5.84. The second-order valence-corrected chi connectivity index (χ2v) is 3.18. The normalized spacial score (nSPS) is 13.4. The van der Waals surface area contributed by atoms with Crippen LogP contribution in [0.15, 0.2) is 6.07 Å². The topological polar surface area (TPSA) is 38.7 Å². The molecule has 13 heavy (non-hydrogen) atoms. The zero-order valence-corrected chi connectivity index (χ0v) is 7.89. The van der Waals surface area contributed by atoms with Crippen LogP contribution in [0.25, 0.3) is 0 Å². The molecule has 0 unspecified atom stereocenters. The minimum absolute atomic E-state index is 0.164. The van der Waals surface area contributed by atoms with Gasteiger partial charge in [-0.25, -0.2) is 0 Å². The maximum atomic E-state index is 9.54. The van der Waals surface area contributed by atoms with E-state index < -0.39 is 0 Å². The van der Waals surface area contributed by atoms with Crippen molar-refractivity contribution in [1.29, 1.82) is 0 Å². The summed E-state index contributed by atoms with van der Waals surface area (Å²) in [6.45, 7) is 2.11. The number of hydrogen-bond acceptors (Lipinski definition) is 3. The van der Waals surface area contributed by atoms with Crippen LogP contribution in [0.3, 0.4) is 0 Å². The maximum absolute atomic E-state index is 9.54. The van der Waals surface area contributed by atoms with Crippen molar-refractivity contribution in [3.63, 3.8) is 0 Å². The first kappa shape index (κ1) is 8.51. The number of benzene rings is 1. The van der Waals surface area contributed by atoms with E-state index in [-0.39, 0.29) is 12.5 Å². The molecule has 70 valence electrons. The van der Waals surface area contributed by atoms with Crippen LogP contribution in [-0.4, -0.2) is 11.9 Å². The van der Waals surface area contributed by atoms with Crippen LogP contribution in [0.5, 0.6) is 17.2 Å². The third-order valence-electron chi connectivity index (χ3n) is 2.03. The van der Waals surface area contributed by atoms with Gasteiger partial charge in [0, 0.05) is 11.6 Å². The Balaban J connectivity index is 2.65. The summed E-state index contributed by atoms with van der Waals surface area (Å²) in [4.78, 5) is 0. The molecule has 0 spiro atoms. The second-order valence-electron chi connectivity index (χ2n) is 2.77. The van der Waals surface area contributed by atoms with Crippen molar-refractivity contribution >= 4 is 11.6 Å². The predicted molar refractivity (Wildman–Crippen MR) is 48.6 cm³/mol. The molecule has 1 aliphatic heterocycles. The maximum Gasteiger partial charge on any atom is 0.231 e. The van der Waals surface area contributed by atoms with Gasteiger partial charge in [-0.2, -0.15) is 0 Å². The van der Waals surface area contributed by atoms with Crippen LogP contribution in [0.2, 0.25) is 5.02 Å². The van der Waals surface area contributed by atoms with Crippen molar-refractivity contribution in [3.8, 4) is 17.2 Å². The van der Waals surface area contributed by atoms with Gasteiger partial charge in [0.15, 0.2) is 11.5 Å². The van der Waals surface area contributed by atoms with Gasteiger partial charge in [0.2, 0.25) is 6.79 Å². The average Bonchev–Trinajstić information content (AvgIpc) is 2.53. The van der Waals surface area contributed by atoms with E-state index in [0.717, 1.165) is 5.56 Å². The molecule has 0 fully saturated rings.